The average Bonchev–Trinajstić information content (AvgIpc) is 3.16. The highest BCUT2D eigenvalue weighted by Crippen LogP contribution is 2.32. The fourth-order valence-corrected chi connectivity index (χ4v) is 2.51. The largest absolute Gasteiger partial charge is 0.454 e. The third kappa shape index (κ3) is 3.56. The number of fused-ring (bicyclic) bond motifs is 1. The molecule has 3 heterocycles. The summed E-state index contributed by atoms with van der Waals surface area (Å²) < 4.78 is 10.5. The first-order valence-corrected chi connectivity index (χ1v) is 8.08. The zero-order valence-electron chi connectivity index (χ0n) is 13.8. The first-order valence-electron chi connectivity index (χ1n) is 8.08. The van der Waals surface area contributed by atoms with Crippen LogP contribution in [0.5, 0.6) is 11.5 Å². The van der Waals surface area contributed by atoms with Crippen LogP contribution in [0.4, 0.5) is 11.5 Å². The van der Waals surface area contributed by atoms with Gasteiger partial charge in [0, 0.05) is 24.5 Å². The highest BCUT2D eigenvalue weighted by molar-refractivity contribution is 6.04. The average molecular weight is 348 g/mol. The van der Waals surface area contributed by atoms with Crippen molar-refractivity contribution < 1.29 is 14.3 Å². The Kier molecular flexibility index (Phi) is 4.34. The molecule has 0 unspecified atom stereocenters. The van der Waals surface area contributed by atoms with Gasteiger partial charge in [0.25, 0.3) is 5.91 Å². The summed E-state index contributed by atoms with van der Waals surface area (Å²) in [5.41, 5.74) is 2.22. The van der Waals surface area contributed by atoms with Crippen molar-refractivity contribution >= 4 is 17.4 Å². The molecule has 0 bridgehead atoms. The van der Waals surface area contributed by atoms with Crippen molar-refractivity contribution in [2.45, 2.75) is 6.54 Å². The number of nitrogens with one attached hydrogen (secondary N) is 2. The maximum atomic E-state index is 12.4. The zero-order chi connectivity index (χ0) is 17.8. The Labute approximate surface area is 150 Å². The molecule has 0 saturated heterocycles. The van der Waals surface area contributed by atoms with Crippen LogP contribution in [0.15, 0.2) is 61.1 Å². The minimum absolute atomic E-state index is 0.179. The minimum atomic E-state index is -0.234. The maximum absolute atomic E-state index is 12.4. The number of carbonyl (C=O) groups excluding carboxylic acids is 1. The molecule has 4 rings (SSSR count). The van der Waals surface area contributed by atoms with E-state index in [1.165, 1.54) is 0 Å². The predicted octanol–water partition coefficient (Wildman–Crippen LogP) is 3.07. The molecule has 7 heteroatoms. The van der Waals surface area contributed by atoms with Gasteiger partial charge >= 0.3 is 0 Å². The first kappa shape index (κ1) is 15.9. The van der Waals surface area contributed by atoms with Crippen molar-refractivity contribution in [3.63, 3.8) is 0 Å². The van der Waals surface area contributed by atoms with Crippen LogP contribution in [0.1, 0.15) is 15.9 Å². The molecule has 2 N–H and O–H groups in total. The monoisotopic (exact) mass is 348 g/mol. The molecule has 1 amide bonds. The fourth-order valence-electron chi connectivity index (χ4n) is 2.51. The van der Waals surface area contributed by atoms with E-state index in [9.17, 15) is 4.79 Å². The maximum Gasteiger partial charge on any atom is 0.255 e. The summed E-state index contributed by atoms with van der Waals surface area (Å²) >= 11 is 0. The molecule has 1 aliphatic heterocycles. The number of pyridine rings is 2. The van der Waals surface area contributed by atoms with Gasteiger partial charge in [-0.05, 0) is 48.0 Å². The molecule has 3 aromatic rings. The van der Waals surface area contributed by atoms with E-state index < -0.39 is 0 Å². The number of carbonyl (C=O) groups is 1. The van der Waals surface area contributed by atoms with Crippen LogP contribution in [0.25, 0.3) is 0 Å². The van der Waals surface area contributed by atoms with Gasteiger partial charge < -0.3 is 20.1 Å². The van der Waals surface area contributed by atoms with E-state index in [2.05, 4.69) is 20.6 Å². The second kappa shape index (κ2) is 7.10. The number of aromatic nitrogens is 2. The van der Waals surface area contributed by atoms with E-state index in [0.29, 0.717) is 29.3 Å². The smallest absolute Gasteiger partial charge is 0.255 e. The lowest BCUT2D eigenvalue weighted by atomic mass is 10.2. The highest BCUT2D eigenvalue weighted by Gasteiger charge is 2.16. The molecule has 0 aliphatic carbocycles. The van der Waals surface area contributed by atoms with Crippen molar-refractivity contribution in [1.29, 1.82) is 0 Å². The summed E-state index contributed by atoms with van der Waals surface area (Å²) in [7, 11) is 0. The summed E-state index contributed by atoms with van der Waals surface area (Å²) in [4.78, 5) is 20.7. The lowest BCUT2D eigenvalue weighted by Gasteiger charge is -2.08. The number of nitrogens with zero attached hydrogens (tertiary/aromatic N) is 2. The van der Waals surface area contributed by atoms with E-state index in [-0.39, 0.29) is 12.7 Å². The standard InChI is InChI=1S/C19H16N4O3/c24-19(14-1-3-16-17(9-14)26-12-25-16)23-15-2-4-18(22-11-15)21-10-13-5-7-20-8-6-13/h1-9,11H,10,12H2,(H,21,22)(H,23,24). The number of hydrogen-bond acceptors (Lipinski definition) is 6. The molecule has 26 heavy (non-hydrogen) atoms. The summed E-state index contributed by atoms with van der Waals surface area (Å²) in [6, 6.07) is 12.6. The second-order valence-corrected chi connectivity index (χ2v) is 5.66. The Morgan fingerprint density at radius 1 is 1.04 bits per heavy atom. The lowest BCUT2D eigenvalue weighted by molar-refractivity contribution is 0.102. The molecule has 1 aliphatic rings. The molecule has 0 atom stereocenters. The van der Waals surface area contributed by atoms with Crippen molar-refractivity contribution in [2.75, 3.05) is 17.4 Å². The van der Waals surface area contributed by atoms with E-state index in [0.717, 1.165) is 11.4 Å². The van der Waals surface area contributed by atoms with E-state index >= 15 is 0 Å². The van der Waals surface area contributed by atoms with Gasteiger partial charge in [-0.3, -0.25) is 9.78 Å². The minimum Gasteiger partial charge on any atom is -0.454 e. The summed E-state index contributed by atoms with van der Waals surface area (Å²) in [5, 5.41) is 6.04. The van der Waals surface area contributed by atoms with Crippen LogP contribution in [0.3, 0.4) is 0 Å². The summed E-state index contributed by atoms with van der Waals surface area (Å²) in [6.45, 7) is 0.830. The Balaban J connectivity index is 1.37. The third-order valence-electron chi connectivity index (χ3n) is 3.88. The van der Waals surface area contributed by atoms with Gasteiger partial charge in [-0.15, -0.1) is 0 Å². The van der Waals surface area contributed by atoms with E-state index in [4.69, 9.17) is 9.47 Å². The molecule has 1 aromatic carbocycles. The predicted molar refractivity (Wildman–Crippen MR) is 96.3 cm³/mol. The SMILES string of the molecule is O=C(Nc1ccc(NCc2ccncc2)nc1)c1ccc2c(c1)OCO2. The van der Waals surface area contributed by atoms with Crippen molar-refractivity contribution in [3.8, 4) is 11.5 Å². The van der Waals surface area contributed by atoms with Crippen molar-refractivity contribution in [2.24, 2.45) is 0 Å². The molecule has 0 spiro atoms. The number of benzene rings is 1. The Hall–Kier alpha value is -3.61. The Morgan fingerprint density at radius 2 is 1.88 bits per heavy atom. The Bertz CT molecular complexity index is 914. The molecular weight excluding hydrogens is 332 g/mol. The van der Waals surface area contributed by atoms with Crippen LogP contribution in [0.2, 0.25) is 0 Å². The van der Waals surface area contributed by atoms with E-state index in [1.807, 2.05) is 18.2 Å². The first-order chi connectivity index (χ1) is 12.8. The molecule has 130 valence electrons. The molecule has 0 saturated carbocycles. The van der Waals surface area contributed by atoms with Gasteiger partial charge in [0.15, 0.2) is 11.5 Å². The number of anilines is 2. The summed E-state index contributed by atoms with van der Waals surface area (Å²) in [6.07, 6.45) is 5.11. The van der Waals surface area contributed by atoms with E-state index in [1.54, 1.807) is 42.9 Å². The third-order valence-corrected chi connectivity index (χ3v) is 3.88. The van der Waals surface area contributed by atoms with Crippen LogP contribution in [-0.2, 0) is 6.54 Å². The van der Waals surface area contributed by atoms with Crippen molar-refractivity contribution in [3.05, 3.63) is 72.2 Å². The quantitative estimate of drug-likeness (QED) is 0.737. The second-order valence-electron chi connectivity index (χ2n) is 5.66. The molecular formula is C19H16N4O3. The molecule has 0 radical (unpaired) electrons. The number of hydrogen-bond donors (Lipinski definition) is 2. The topological polar surface area (TPSA) is 85.4 Å². The van der Waals surface area contributed by atoms with Crippen LogP contribution in [-0.4, -0.2) is 22.7 Å². The normalized spacial score (nSPS) is 11.8. The van der Waals surface area contributed by atoms with Gasteiger partial charge in [0.1, 0.15) is 5.82 Å². The number of ether oxygens (including phenoxy) is 2. The summed E-state index contributed by atoms with van der Waals surface area (Å²) in [5.74, 6) is 1.71. The van der Waals surface area contributed by atoms with Crippen molar-refractivity contribution in [1.82, 2.24) is 9.97 Å². The zero-order valence-corrected chi connectivity index (χ0v) is 13.8. The number of amides is 1. The van der Waals surface area contributed by atoms with Gasteiger partial charge in [-0.1, -0.05) is 0 Å². The van der Waals surface area contributed by atoms with Crippen LogP contribution >= 0.6 is 0 Å². The number of rotatable bonds is 5. The van der Waals surface area contributed by atoms with Gasteiger partial charge in [0.2, 0.25) is 6.79 Å². The van der Waals surface area contributed by atoms with Gasteiger partial charge in [0.05, 0.1) is 11.9 Å². The Morgan fingerprint density at radius 3 is 2.69 bits per heavy atom. The van der Waals surface area contributed by atoms with Crippen LogP contribution in [0, 0.1) is 0 Å². The van der Waals surface area contributed by atoms with Gasteiger partial charge in [-0.2, -0.15) is 0 Å². The van der Waals surface area contributed by atoms with Gasteiger partial charge in [-0.25, -0.2) is 4.98 Å². The highest BCUT2D eigenvalue weighted by atomic mass is 16.7. The van der Waals surface area contributed by atoms with Crippen LogP contribution < -0.4 is 20.1 Å². The molecule has 0 fully saturated rings. The molecule has 7 nitrogen and oxygen atoms in total. The lowest BCUT2D eigenvalue weighted by Crippen LogP contribution is -2.12. The molecule has 2 aromatic heterocycles. The fraction of sp³-hybridized carbons (Fsp3) is 0.105.